The van der Waals surface area contributed by atoms with E-state index in [1.807, 2.05) is 0 Å². The predicted molar refractivity (Wildman–Crippen MR) is 113 cm³/mol. The molecule has 0 fully saturated rings. The van der Waals surface area contributed by atoms with Crippen molar-refractivity contribution in [2.75, 3.05) is 0 Å². The molecule has 0 aromatic heterocycles. The standard InChI is InChI=1S/2C13H11.2ClH.Zr/c2*1-11-7-8-13(9-11)10-12-5-3-2-4-6-12;;;/h2*2-7,9-10H,1H3;2*1H;/q;;;;+2/p-2. The molecule has 0 nitrogen and oxygen atoms in total. The monoisotopic (exact) mass is 494 g/mol. The SMILES string of the molecule is CC1=CC(=Cc2ccccc2)[C]([Zr+2][C]2=CC(C)=CC2=Cc2ccccc2)=C1.[Cl-].[Cl-]. The number of allylic oxidation sites excluding steroid dienone is 10. The van der Waals surface area contributed by atoms with Gasteiger partial charge in [0.05, 0.1) is 0 Å². The van der Waals surface area contributed by atoms with Crippen LogP contribution < -0.4 is 24.8 Å². The van der Waals surface area contributed by atoms with E-state index in [-0.39, 0.29) is 24.8 Å². The van der Waals surface area contributed by atoms with Gasteiger partial charge in [0, 0.05) is 0 Å². The second kappa shape index (κ2) is 10.9. The van der Waals surface area contributed by atoms with Gasteiger partial charge in [-0.15, -0.1) is 0 Å². The summed E-state index contributed by atoms with van der Waals surface area (Å²) in [6, 6.07) is 21.3. The van der Waals surface area contributed by atoms with Gasteiger partial charge in [0.25, 0.3) is 0 Å². The minimum Gasteiger partial charge on any atom is -1.00 e. The molecule has 0 radical (unpaired) electrons. The van der Waals surface area contributed by atoms with Crippen molar-refractivity contribution in [3.8, 4) is 0 Å². The average Bonchev–Trinajstić information content (AvgIpc) is 3.18. The van der Waals surface area contributed by atoms with Crippen LogP contribution in [0.15, 0.2) is 114 Å². The molecule has 0 saturated carbocycles. The van der Waals surface area contributed by atoms with Gasteiger partial charge in [0.2, 0.25) is 0 Å². The molecule has 0 N–H and O–H groups in total. The Bertz CT molecular complexity index is 951. The van der Waals surface area contributed by atoms with E-state index in [1.54, 1.807) is 6.56 Å². The summed E-state index contributed by atoms with van der Waals surface area (Å²) < 4.78 is 3.13. The second-order valence-electron chi connectivity index (χ2n) is 7.04. The third-order valence-corrected chi connectivity index (χ3v) is 8.10. The van der Waals surface area contributed by atoms with Gasteiger partial charge in [0.1, 0.15) is 0 Å². The van der Waals surface area contributed by atoms with Gasteiger partial charge in [0.15, 0.2) is 0 Å². The van der Waals surface area contributed by atoms with Gasteiger partial charge in [-0.3, -0.25) is 0 Å². The number of rotatable bonds is 4. The van der Waals surface area contributed by atoms with E-state index in [9.17, 15) is 0 Å². The molecule has 0 saturated heterocycles. The van der Waals surface area contributed by atoms with Gasteiger partial charge in [-0.05, 0) is 0 Å². The summed E-state index contributed by atoms with van der Waals surface area (Å²) >= 11 is -0.881. The first-order chi connectivity index (χ1) is 13.2. The van der Waals surface area contributed by atoms with E-state index in [0.717, 1.165) is 0 Å². The zero-order chi connectivity index (χ0) is 18.6. The number of halogens is 2. The third kappa shape index (κ3) is 6.16. The Morgan fingerprint density at radius 1 is 0.552 bits per heavy atom. The van der Waals surface area contributed by atoms with E-state index in [4.69, 9.17) is 0 Å². The molecule has 2 aliphatic rings. The van der Waals surface area contributed by atoms with Crippen molar-refractivity contribution >= 4 is 12.2 Å². The first kappa shape index (κ1) is 23.6. The molecular formula is C26H22Cl2Zr. The Morgan fingerprint density at radius 3 is 1.31 bits per heavy atom. The quantitative estimate of drug-likeness (QED) is 0.591. The molecule has 0 unspecified atom stereocenters. The van der Waals surface area contributed by atoms with Crippen LogP contribution in [0.4, 0.5) is 0 Å². The summed E-state index contributed by atoms with van der Waals surface area (Å²) in [5.41, 5.74) is 8.08. The first-order valence-electron chi connectivity index (χ1n) is 9.29. The molecule has 2 aliphatic carbocycles. The van der Waals surface area contributed by atoms with Crippen molar-refractivity contribution in [1.82, 2.24) is 0 Å². The molecule has 2 aromatic carbocycles. The van der Waals surface area contributed by atoms with Crippen LogP contribution in [0.25, 0.3) is 12.2 Å². The van der Waals surface area contributed by atoms with Crippen LogP contribution in [-0.2, 0) is 23.2 Å². The van der Waals surface area contributed by atoms with Crippen LogP contribution in [0, 0.1) is 0 Å². The van der Waals surface area contributed by atoms with E-state index in [1.165, 1.54) is 33.4 Å². The summed E-state index contributed by atoms with van der Waals surface area (Å²) in [7, 11) is 0. The fourth-order valence-corrected chi connectivity index (χ4v) is 7.02. The van der Waals surface area contributed by atoms with Crippen molar-refractivity contribution < 1.29 is 48.0 Å². The maximum atomic E-state index is 2.40. The maximum Gasteiger partial charge on any atom is -1.00 e. The summed E-state index contributed by atoms with van der Waals surface area (Å²) in [4.78, 5) is 0. The van der Waals surface area contributed by atoms with Crippen molar-refractivity contribution in [3.63, 3.8) is 0 Å². The van der Waals surface area contributed by atoms with Crippen LogP contribution in [-0.4, -0.2) is 0 Å². The molecule has 144 valence electrons. The zero-order valence-electron chi connectivity index (χ0n) is 16.5. The van der Waals surface area contributed by atoms with Gasteiger partial charge >= 0.3 is 174 Å². The van der Waals surface area contributed by atoms with Crippen molar-refractivity contribution in [1.29, 1.82) is 0 Å². The summed E-state index contributed by atoms with van der Waals surface area (Å²) in [5, 5.41) is 0. The first-order valence-corrected chi connectivity index (χ1v) is 11.7. The second-order valence-corrected chi connectivity index (χ2v) is 10.3. The van der Waals surface area contributed by atoms with Crippen LogP contribution >= 0.6 is 0 Å². The molecular weight excluding hydrogens is 474 g/mol. The van der Waals surface area contributed by atoms with E-state index in [0.29, 0.717) is 0 Å². The van der Waals surface area contributed by atoms with E-state index >= 15 is 0 Å². The average molecular weight is 497 g/mol. The van der Waals surface area contributed by atoms with E-state index < -0.39 is 23.2 Å². The Balaban J connectivity index is 0.00000150. The predicted octanol–water partition coefficient (Wildman–Crippen LogP) is 0.932. The van der Waals surface area contributed by atoms with Crippen molar-refractivity contribution in [2.45, 2.75) is 13.8 Å². The van der Waals surface area contributed by atoms with Crippen molar-refractivity contribution in [2.24, 2.45) is 0 Å². The number of hydrogen-bond donors (Lipinski definition) is 0. The van der Waals surface area contributed by atoms with Gasteiger partial charge in [-0.25, -0.2) is 0 Å². The van der Waals surface area contributed by atoms with Gasteiger partial charge < -0.3 is 24.8 Å². The topological polar surface area (TPSA) is 0 Å². The molecule has 0 aliphatic heterocycles. The zero-order valence-corrected chi connectivity index (χ0v) is 20.5. The minimum absolute atomic E-state index is 0. The molecule has 0 spiro atoms. The molecule has 2 aromatic rings. The van der Waals surface area contributed by atoms with Crippen LogP contribution in [0.3, 0.4) is 0 Å². The smallest absolute Gasteiger partial charge is 1.00 e. The van der Waals surface area contributed by atoms with Gasteiger partial charge in [-0.2, -0.15) is 0 Å². The molecule has 29 heavy (non-hydrogen) atoms. The fourth-order valence-electron chi connectivity index (χ4n) is 3.41. The Hall–Kier alpha value is -1.66. The van der Waals surface area contributed by atoms with Crippen LogP contribution in [0.2, 0.25) is 0 Å². The Morgan fingerprint density at radius 2 is 0.931 bits per heavy atom. The summed E-state index contributed by atoms with van der Waals surface area (Å²) in [5.74, 6) is 0. The van der Waals surface area contributed by atoms with Crippen molar-refractivity contribution in [3.05, 3.63) is 125 Å². The number of hydrogen-bond acceptors (Lipinski definition) is 0. The normalized spacial score (nSPS) is 17.6. The molecule has 0 bridgehead atoms. The number of benzene rings is 2. The Labute approximate surface area is 197 Å². The molecule has 0 atom stereocenters. The molecule has 0 heterocycles. The van der Waals surface area contributed by atoms with Crippen LogP contribution in [0.5, 0.6) is 0 Å². The largest absolute Gasteiger partial charge is 1.00 e. The van der Waals surface area contributed by atoms with Crippen LogP contribution in [0.1, 0.15) is 25.0 Å². The Kier molecular flexibility index (Phi) is 8.90. The summed E-state index contributed by atoms with van der Waals surface area (Å²) in [6.45, 7) is 4.41. The fraction of sp³-hybridized carbons (Fsp3) is 0.0769. The van der Waals surface area contributed by atoms with E-state index in [2.05, 4.69) is 111 Å². The molecule has 3 heteroatoms. The molecule has 0 amide bonds. The minimum atomic E-state index is -0.881. The maximum absolute atomic E-state index is 2.40. The van der Waals surface area contributed by atoms with Gasteiger partial charge in [-0.1, -0.05) is 0 Å². The molecule has 4 rings (SSSR count). The third-order valence-electron chi connectivity index (χ3n) is 4.65. The summed E-state index contributed by atoms with van der Waals surface area (Å²) in [6.07, 6.45) is 14.1.